The van der Waals surface area contributed by atoms with Gasteiger partial charge in [-0.2, -0.15) is 0 Å². The Balaban J connectivity index is 1.95. The van der Waals surface area contributed by atoms with Crippen LogP contribution in [0.5, 0.6) is 0 Å². The van der Waals surface area contributed by atoms with Crippen molar-refractivity contribution in [3.63, 3.8) is 0 Å². The van der Waals surface area contributed by atoms with Gasteiger partial charge >= 0.3 is 0 Å². The van der Waals surface area contributed by atoms with Crippen LogP contribution in [0.3, 0.4) is 0 Å². The van der Waals surface area contributed by atoms with Crippen LogP contribution in [0.1, 0.15) is 32.3 Å². The minimum Gasteiger partial charge on any atom is -0.353 e. The summed E-state index contributed by atoms with van der Waals surface area (Å²) >= 11 is 7.72. The molecule has 1 N–H and O–H groups in total. The number of halogens is 1. The molecule has 3 rings (SSSR count). The molecular formula is C21H24ClN5OS. The summed E-state index contributed by atoms with van der Waals surface area (Å²) in [5, 5.41) is 13.1. The molecule has 0 aliphatic rings. The number of pyridine rings is 1. The van der Waals surface area contributed by atoms with Crippen LogP contribution in [-0.4, -0.2) is 37.5 Å². The van der Waals surface area contributed by atoms with E-state index in [9.17, 15) is 4.79 Å². The smallest absolute Gasteiger partial charge is 0.230 e. The van der Waals surface area contributed by atoms with E-state index in [1.165, 1.54) is 11.8 Å². The van der Waals surface area contributed by atoms with Gasteiger partial charge in [-0.1, -0.05) is 43.3 Å². The van der Waals surface area contributed by atoms with Crippen molar-refractivity contribution in [3.8, 4) is 17.1 Å². The van der Waals surface area contributed by atoms with E-state index >= 15 is 0 Å². The molecule has 0 aliphatic carbocycles. The zero-order valence-corrected chi connectivity index (χ0v) is 18.3. The quantitative estimate of drug-likeness (QED) is 0.526. The number of thioether (sulfide) groups is 1. The summed E-state index contributed by atoms with van der Waals surface area (Å²) in [6, 6.07) is 9.69. The Labute approximate surface area is 180 Å². The van der Waals surface area contributed by atoms with E-state index in [2.05, 4.69) is 34.3 Å². The third-order valence-electron chi connectivity index (χ3n) is 4.73. The Bertz CT molecular complexity index is 972. The number of hydrogen-bond donors (Lipinski definition) is 1. The molecule has 8 heteroatoms. The van der Waals surface area contributed by atoms with Crippen molar-refractivity contribution in [2.75, 3.05) is 5.75 Å². The second-order valence-electron chi connectivity index (χ2n) is 6.63. The maximum atomic E-state index is 12.4. The average molecular weight is 430 g/mol. The summed E-state index contributed by atoms with van der Waals surface area (Å²) < 4.78 is 1.95. The van der Waals surface area contributed by atoms with Crippen LogP contribution < -0.4 is 5.32 Å². The van der Waals surface area contributed by atoms with Gasteiger partial charge in [-0.3, -0.25) is 14.3 Å². The van der Waals surface area contributed by atoms with Crippen molar-refractivity contribution in [1.82, 2.24) is 25.1 Å². The number of rotatable bonds is 8. The summed E-state index contributed by atoms with van der Waals surface area (Å²) in [7, 11) is 0. The molecule has 29 heavy (non-hydrogen) atoms. The van der Waals surface area contributed by atoms with Crippen molar-refractivity contribution in [2.45, 2.75) is 44.8 Å². The maximum Gasteiger partial charge on any atom is 0.230 e. The van der Waals surface area contributed by atoms with Crippen molar-refractivity contribution < 1.29 is 4.79 Å². The molecule has 0 spiro atoms. The van der Waals surface area contributed by atoms with E-state index in [-0.39, 0.29) is 17.7 Å². The molecule has 0 unspecified atom stereocenters. The molecule has 2 heterocycles. The molecule has 0 radical (unpaired) electrons. The second-order valence-corrected chi connectivity index (χ2v) is 7.98. The molecule has 1 amide bonds. The molecule has 0 saturated carbocycles. The third-order valence-corrected chi connectivity index (χ3v) is 6.07. The van der Waals surface area contributed by atoms with Crippen LogP contribution in [0.2, 0.25) is 5.02 Å². The van der Waals surface area contributed by atoms with Gasteiger partial charge in [0.2, 0.25) is 5.91 Å². The fraction of sp³-hybridized carbons (Fsp3) is 0.333. The fourth-order valence-electron chi connectivity index (χ4n) is 3.00. The largest absolute Gasteiger partial charge is 0.353 e. The molecule has 6 nitrogen and oxygen atoms in total. The summed E-state index contributed by atoms with van der Waals surface area (Å²) in [5.74, 6) is 0.942. The highest BCUT2D eigenvalue weighted by molar-refractivity contribution is 7.99. The first kappa shape index (κ1) is 21.3. The van der Waals surface area contributed by atoms with E-state index in [0.29, 0.717) is 16.0 Å². The van der Waals surface area contributed by atoms with Crippen LogP contribution in [0.15, 0.2) is 47.9 Å². The third kappa shape index (κ3) is 4.97. The van der Waals surface area contributed by atoms with Gasteiger partial charge in [0, 0.05) is 29.0 Å². The molecule has 1 aromatic carbocycles. The highest BCUT2D eigenvalue weighted by Crippen LogP contribution is 2.31. The van der Waals surface area contributed by atoms with Crippen molar-refractivity contribution >= 4 is 29.3 Å². The first-order valence-corrected chi connectivity index (χ1v) is 10.9. The van der Waals surface area contributed by atoms with E-state index < -0.39 is 0 Å². The first-order chi connectivity index (χ1) is 14.0. The number of nitrogens with zero attached hydrogens (tertiary/aromatic N) is 4. The van der Waals surface area contributed by atoms with E-state index in [1.807, 2.05) is 41.8 Å². The van der Waals surface area contributed by atoms with Crippen molar-refractivity contribution in [1.29, 1.82) is 0 Å². The summed E-state index contributed by atoms with van der Waals surface area (Å²) in [4.78, 5) is 16.4. The molecule has 0 aliphatic heterocycles. The molecule has 3 aromatic rings. The van der Waals surface area contributed by atoms with Gasteiger partial charge in [0.1, 0.15) is 0 Å². The maximum absolute atomic E-state index is 12.4. The zero-order valence-electron chi connectivity index (χ0n) is 16.7. The number of amides is 1. The van der Waals surface area contributed by atoms with Gasteiger partial charge in [-0.25, -0.2) is 0 Å². The monoisotopic (exact) mass is 429 g/mol. The predicted molar refractivity (Wildman–Crippen MR) is 118 cm³/mol. The predicted octanol–water partition coefficient (Wildman–Crippen LogP) is 4.69. The number of carbonyl (C=O) groups is 1. The SMILES string of the molecule is CCC(CC)NC(=O)CSc1nnc(-c2ccncc2)n1-c1cccc(Cl)c1C. The van der Waals surface area contributed by atoms with Gasteiger partial charge in [-0.05, 0) is 49.6 Å². The van der Waals surface area contributed by atoms with Gasteiger partial charge in [-0.15, -0.1) is 10.2 Å². The highest BCUT2D eigenvalue weighted by atomic mass is 35.5. The molecule has 0 saturated heterocycles. The Kier molecular flexibility index (Phi) is 7.28. The molecule has 0 bridgehead atoms. The van der Waals surface area contributed by atoms with Crippen molar-refractivity contribution in [3.05, 3.63) is 53.3 Å². The van der Waals surface area contributed by atoms with Gasteiger partial charge in [0.15, 0.2) is 11.0 Å². The average Bonchev–Trinajstić information content (AvgIpc) is 3.16. The minimum atomic E-state index is -0.00785. The highest BCUT2D eigenvalue weighted by Gasteiger charge is 2.19. The van der Waals surface area contributed by atoms with Crippen LogP contribution in [-0.2, 0) is 4.79 Å². The molecule has 152 valence electrons. The van der Waals surface area contributed by atoms with Gasteiger partial charge in [0.05, 0.1) is 11.4 Å². The lowest BCUT2D eigenvalue weighted by molar-refractivity contribution is -0.119. The van der Waals surface area contributed by atoms with Gasteiger partial charge < -0.3 is 5.32 Å². The zero-order chi connectivity index (χ0) is 20.8. The summed E-state index contributed by atoms with van der Waals surface area (Å²) in [6.07, 6.45) is 5.26. The lowest BCUT2D eigenvalue weighted by Crippen LogP contribution is -2.35. The standard InChI is InChI=1S/C21H24ClN5OS/c1-4-16(5-2)24-19(28)13-29-21-26-25-20(15-9-11-23-12-10-15)27(21)18-8-6-7-17(22)14(18)3/h6-12,16H,4-5,13H2,1-3H3,(H,24,28). The van der Waals surface area contributed by atoms with E-state index in [0.717, 1.165) is 29.7 Å². The Hall–Kier alpha value is -2.38. The molecule has 0 atom stereocenters. The molecule has 2 aromatic heterocycles. The Morgan fingerprint density at radius 2 is 1.90 bits per heavy atom. The lowest BCUT2D eigenvalue weighted by atomic mass is 10.2. The first-order valence-electron chi connectivity index (χ1n) is 9.58. The topological polar surface area (TPSA) is 72.7 Å². The minimum absolute atomic E-state index is 0.00785. The Morgan fingerprint density at radius 3 is 2.59 bits per heavy atom. The van der Waals surface area contributed by atoms with Crippen molar-refractivity contribution in [2.24, 2.45) is 0 Å². The summed E-state index contributed by atoms with van der Waals surface area (Å²) in [6.45, 7) is 6.10. The second kappa shape index (κ2) is 9.89. The number of aromatic nitrogens is 4. The van der Waals surface area contributed by atoms with E-state index in [1.54, 1.807) is 12.4 Å². The molecular weight excluding hydrogens is 406 g/mol. The van der Waals surface area contributed by atoms with Crippen LogP contribution in [0.4, 0.5) is 0 Å². The number of benzene rings is 1. The Morgan fingerprint density at radius 1 is 1.17 bits per heavy atom. The number of hydrogen-bond acceptors (Lipinski definition) is 5. The van der Waals surface area contributed by atoms with Crippen LogP contribution >= 0.6 is 23.4 Å². The molecule has 0 fully saturated rings. The van der Waals surface area contributed by atoms with E-state index in [4.69, 9.17) is 11.6 Å². The fourth-order valence-corrected chi connectivity index (χ4v) is 3.92. The van der Waals surface area contributed by atoms with Gasteiger partial charge in [0.25, 0.3) is 0 Å². The number of nitrogens with one attached hydrogen (secondary N) is 1. The number of carbonyl (C=O) groups excluding carboxylic acids is 1. The summed E-state index contributed by atoms with van der Waals surface area (Å²) in [5.41, 5.74) is 2.70. The van der Waals surface area contributed by atoms with Crippen LogP contribution in [0, 0.1) is 6.92 Å². The normalized spacial score (nSPS) is 11.1. The van der Waals surface area contributed by atoms with Crippen LogP contribution in [0.25, 0.3) is 17.1 Å². The lowest BCUT2D eigenvalue weighted by Gasteiger charge is -2.15.